The molecule has 3 aromatic carbocycles. The van der Waals surface area contributed by atoms with Crippen molar-refractivity contribution in [1.82, 2.24) is 5.32 Å². The Morgan fingerprint density at radius 1 is 0.714 bits per heavy atom. The van der Waals surface area contributed by atoms with Crippen molar-refractivity contribution in [2.24, 2.45) is 0 Å². The van der Waals surface area contributed by atoms with E-state index in [4.69, 9.17) is 5.11 Å². The molecule has 3 amide bonds. The van der Waals surface area contributed by atoms with Crippen LogP contribution in [0.3, 0.4) is 0 Å². The Hall–Kier alpha value is -4.34. The average Bonchev–Trinajstić information content (AvgIpc) is 2.79. The standard InChI is InChI=1S/C25H22F3N3O4/c1-24(2,22(33)34)31-21(32)17-5-3-15(4-6-17)16-7-11-19(12-8-16)29-23(35)30-20-13-9-18(10-14-20)25(26,27)28/h3-14H,1-2H3,(H,31,32)(H,33,34)(H2,29,30,35). The van der Waals surface area contributed by atoms with Crippen LogP contribution in [0.25, 0.3) is 11.1 Å². The molecule has 35 heavy (non-hydrogen) atoms. The van der Waals surface area contributed by atoms with Crippen LogP contribution < -0.4 is 16.0 Å². The van der Waals surface area contributed by atoms with Crippen molar-refractivity contribution in [3.63, 3.8) is 0 Å². The van der Waals surface area contributed by atoms with Gasteiger partial charge < -0.3 is 21.1 Å². The number of carbonyl (C=O) groups is 3. The third kappa shape index (κ3) is 6.59. The second kappa shape index (κ2) is 9.88. The van der Waals surface area contributed by atoms with Gasteiger partial charge in [-0.25, -0.2) is 9.59 Å². The maximum atomic E-state index is 12.6. The number of carbonyl (C=O) groups excluding carboxylic acids is 2. The van der Waals surface area contributed by atoms with Gasteiger partial charge in [-0.2, -0.15) is 13.2 Å². The maximum absolute atomic E-state index is 12.6. The molecule has 182 valence electrons. The summed E-state index contributed by atoms with van der Waals surface area (Å²) in [4.78, 5) is 35.6. The Labute approximate surface area is 199 Å². The molecule has 0 aliphatic carbocycles. The van der Waals surface area contributed by atoms with Crippen molar-refractivity contribution < 1.29 is 32.7 Å². The Morgan fingerprint density at radius 3 is 1.57 bits per heavy atom. The number of amides is 3. The Morgan fingerprint density at radius 2 is 1.14 bits per heavy atom. The summed E-state index contributed by atoms with van der Waals surface area (Å²) >= 11 is 0. The molecule has 0 atom stereocenters. The number of carboxylic acids is 1. The highest BCUT2D eigenvalue weighted by molar-refractivity contribution is 6.00. The van der Waals surface area contributed by atoms with Crippen LogP contribution in [0, 0.1) is 0 Å². The van der Waals surface area contributed by atoms with E-state index in [1.54, 1.807) is 48.5 Å². The van der Waals surface area contributed by atoms with Gasteiger partial charge in [0.25, 0.3) is 5.91 Å². The number of benzene rings is 3. The fourth-order valence-electron chi connectivity index (χ4n) is 3.01. The number of hydrogen-bond acceptors (Lipinski definition) is 3. The molecular formula is C25H22F3N3O4. The van der Waals surface area contributed by atoms with E-state index in [9.17, 15) is 27.6 Å². The minimum atomic E-state index is -4.45. The molecule has 0 bridgehead atoms. The lowest BCUT2D eigenvalue weighted by Crippen LogP contribution is -2.49. The number of alkyl halides is 3. The van der Waals surface area contributed by atoms with Crippen molar-refractivity contribution in [1.29, 1.82) is 0 Å². The zero-order chi connectivity index (χ0) is 25.8. The molecule has 0 saturated carbocycles. The van der Waals surface area contributed by atoms with Crippen LogP contribution in [-0.4, -0.2) is 28.6 Å². The van der Waals surface area contributed by atoms with Gasteiger partial charge in [0.15, 0.2) is 0 Å². The van der Waals surface area contributed by atoms with Gasteiger partial charge >= 0.3 is 18.2 Å². The van der Waals surface area contributed by atoms with Crippen molar-refractivity contribution in [2.75, 3.05) is 10.6 Å². The second-order valence-electron chi connectivity index (χ2n) is 8.19. The van der Waals surface area contributed by atoms with E-state index < -0.39 is 35.2 Å². The molecular weight excluding hydrogens is 463 g/mol. The van der Waals surface area contributed by atoms with E-state index in [0.29, 0.717) is 11.3 Å². The predicted octanol–water partition coefficient (Wildman–Crippen LogP) is 5.61. The summed E-state index contributed by atoms with van der Waals surface area (Å²) in [6.07, 6.45) is -4.45. The average molecular weight is 485 g/mol. The molecule has 7 nitrogen and oxygen atoms in total. The smallest absolute Gasteiger partial charge is 0.416 e. The van der Waals surface area contributed by atoms with E-state index in [1.165, 1.54) is 13.8 Å². The quantitative estimate of drug-likeness (QED) is 0.364. The topological polar surface area (TPSA) is 108 Å². The first-order valence-corrected chi connectivity index (χ1v) is 10.4. The summed E-state index contributed by atoms with van der Waals surface area (Å²) in [5.74, 6) is -1.66. The van der Waals surface area contributed by atoms with Crippen molar-refractivity contribution in [3.05, 3.63) is 83.9 Å². The molecule has 3 rings (SSSR count). The van der Waals surface area contributed by atoms with E-state index in [1.807, 2.05) is 0 Å². The van der Waals surface area contributed by atoms with E-state index >= 15 is 0 Å². The number of nitrogens with one attached hydrogen (secondary N) is 3. The molecule has 0 fully saturated rings. The number of halogens is 3. The van der Waals surface area contributed by atoms with E-state index in [-0.39, 0.29) is 5.69 Å². The minimum absolute atomic E-state index is 0.211. The highest BCUT2D eigenvalue weighted by Crippen LogP contribution is 2.30. The lowest BCUT2D eigenvalue weighted by Gasteiger charge is -2.21. The zero-order valence-corrected chi connectivity index (χ0v) is 18.7. The van der Waals surface area contributed by atoms with Crippen molar-refractivity contribution >= 4 is 29.3 Å². The van der Waals surface area contributed by atoms with Gasteiger partial charge in [-0.3, -0.25) is 4.79 Å². The number of hydrogen-bond donors (Lipinski definition) is 4. The van der Waals surface area contributed by atoms with Crippen molar-refractivity contribution in [3.8, 4) is 11.1 Å². The largest absolute Gasteiger partial charge is 0.480 e. The lowest BCUT2D eigenvalue weighted by atomic mass is 10.0. The van der Waals surface area contributed by atoms with Gasteiger partial charge in [0, 0.05) is 16.9 Å². The number of urea groups is 1. The van der Waals surface area contributed by atoms with Crippen LogP contribution in [0.2, 0.25) is 0 Å². The van der Waals surface area contributed by atoms with Crippen LogP contribution >= 0.6 is 0 Å². The normalized spacial score (nSPS) is 11.5. The fraction of sp³-hybridized carbons (Fsp3) is 0.160. The van der Waals surface area contributed by atoms with Crippen LogP contribution in [0.4, 0.5) is 29.3 Å². The first-order valence-electron chi connectivity index (χ1n) is 10.4. The monoisotopic (exact) mass is 485 g/mol. The first-order chi connectivity index (χ1) is 16.3. The molecule has 0 aliphatic heterocycles. The molecule has 0 saturated heterocycles. The Balaban J connectivity index is 1.60. The summed E-state index contributed by atoms with van der Waals surface area (Å²) in [6, 6.07) is 16.8. The molecule has 0 unspecified atom stereocenters. The zero-order valence-electron chi connectivity index (χ0n) is 18.7. The van der Waals surface area contributed by atoms with Gasteiger partial charge in [0.1, 0.15) is 5.54 Å². The molecule has 4 N–H and O–H groups in total. The molecule has 0 heterocycles. The molecule has 0 radical (unpaired) electrons. The molecule has 0 aliphatic rings. The number of carboxylic acid groups (broad SMARTS) is 1. The highest BCUT2D eigenvalue weighted by Gasteiger charge is 2.30. The second-order valence-corrected chi connectivity index (χ2v) is 8.19. The third-order valence-electron chi connectivity index (χ3n) is 5.05. The summed E-state index contributed by atoms with van der Waals surface area (Å²) in [6.45, 7) is 2.78. The molecule has 3 aromatic rings. The SMILES string of the molecule is CC(C)(NC(=O)c1ccc(-c2ccc(NC(=O)Nc3ccc(C(F)(F)F)cc3)cc2)cc1)C(=O)O. The molecule has 0 spiro atoms. The first kappa shape index (κ1) is 25.3. The molecule has 0 aromatic heterocycles. The van der Waals surface area contributed by atoms with Crippen LogP contribution in [-0.2, 0) is 11.0 Å². The third-order valence-corrected chi connectivity index (χ3v) is 5.05. The number of aliphatic carboxylic acids is 1. The predicted molar refractivity (Wildman–Crippen MR) is 125 cm³/mol. The molecule has 10 heteroatoms. The van der Waals surface area contributed by atoms with Crippen LogP contribution in [0.1, 0.15) is 29.8 Å². The minimum Gasteiger partial charge on any atom is -0.480 e. The summed E-state index contributed by atoms with van der Waals surface area (Å²) in [7, 11) is 0. The van der Waals surface area contributed by atoms with Crippen molar-refractivity contribution in [2.45, 2.75) is 25.6 Å². The van der Waals surface area contributed by atoms with Crippen LogP contribution in [0.15, 0.2) is 72.8 Å². The van der Waals surface area contributed by atoms with E-state index in [2.05, 4.69) is 16.0 Å². The summed E-state index contributed by atoms with van der Waals surface area (Å²) in [5, 5.41) is 16.6. The van der Waals surface area contributed by atoms with Gasteiger partial charge in [0.2, 0.25) is 0 Å². The van der Waals surface area contributed by atoms with Gasteiger partial charge in [-0.05, 0) is 73.5 Å². The van der Waals surface area contributed by atoms with Gasteiger partial charge in [0.05, 0.1) is 5.56 Å². The maximum Gasteiger partial charge on any atom is 0.416 e. The van der Waals surface area contributed by atoms with Gasteiger partial charge in [-0.15, -0.1) is 0 Å². The Bertz CT molecular complexity index is 1220. The van der Waals surface area contributed by atoms with Gasteiger partial charge in [-0.1, -0.05) is 24.3 Å². The summed E-state index contributed by atoms with van der Waals surface area (Å²) < 4.78 is 37.9. The summed E-state index contributed by atoms with van der Waals surface area (Å²) in [5.41, 5.74) is 0.361. The van der Waals surface area contributed by atoms with Crippen LogP contribution in [0.5, 0.6) is 0 Å². The van der Waals surface area contributed by atoms with E-state index in [0.717, 1.165) is 35.4 Å². The number of rotatable bonds is 6. The Kier molecular flexibility index (Phi) is 7.14. The fourth-order valence-corrected chi connectivity index (χ4v) is 3.01. The number of anilines is 2. The highest BCUT2D eigenvalue weighted by atomic mass is 19.4. The lowest BCUT2D eigenvalue weighted by molar-refractivity contribution is -0.143.